The van der Waals surface area contributed by atoms with Crippen LogP contribution in [0.15, 0.2) is 33.2 Å². The topological polar surface area (TPSA) is 52.1 Å². The monoisotopic (exact) mass is 290 g/mol. The Kier molecular flexibility index (Phi) is 3.49. The molecule has 5 heteroatoms. The van der Waals surface area contributed by atoms with Crippen LogP contribution < -0.4 is 0 Å². The van der Waals surface area contributed by atoms with E-state index < -0.39 is 0 Å². The Labute approximate surface area is 121 Å². The van der Waals surface area contributed by atoms with Gasteiger partial charge in [0.15, 0.2) is 11.6 Å². The molecule has 0 saturated carbocycles. The van der Waals surface area contributed by atoms with Gasteiger partial charge >= 0.3 is 0 Å². The zero-order chi connectivity index (χ0) is 14.1. The fourth-order valence-corrected chi connectivity index (χ4v) is 2.42. The molecule has 0 spiro atoms. The van der Waals surface area contributed by atoms with Gasteiger partial charge in [0.05, 0.1) is 5.38 Å². The van der Waals surface area contributed by atoms with Gasteiger partial charge in [-0.1, -0.05) is 30.1 Å². The van der Waals surface area contributed by atoms with Gasteiger partial charge in [0, 0.05) is 5.39 Å². The lowest BCUT2D eigenvalue weighted by Gasteiger charge is -1.99. The van der Waals surface area contributed by atoms with Crippen LogP contribution in [0.4, 0.5) is 0 Å². The summed E-state index contributed by atoms with van der Waals surface area (Å²) in [4.78, 5) is 4.31. The number of nitrogens with zero attached hydrogens (tertiary/aromatic N) is 2. The molecule has 0 amide bonds. The largest absolute Gasteiger partial charge is 0.451 e. The van der Waals surface area contributed by atoms with Gasteiger partial charge in [0.2, 0.25) is 0 Å². The van der Waals surface area contributed by atoms with Crippen molar-refractivity contribution >= 4 is 22.6 Å². The highest BCUT2D eigenvalue weighted by Gasteiger charge is 2.18. The predicted molar refractivity (Wildman–Crippen MR) is 77.7 cm³/mol. The van der Waals surface area contributed by atoms with Crippen LogP contribution in [0.3, 0.4) is 0 Å². The molecular formula is C15H15ClN2O2. The number of benzene rings is 1. The van der Waals surface area contributed by atoms with E-state index in [-0.39, 0.29) is 5.38 Å². The van der Waals surface area contributed by atoms with E-state index in [4.69, 9.17) is 20.5 Å². The van der Waals surface area contributed by atoms with Crippen LogP contribution in [0, 0.1) is 6.92 Å². The first-order valence-electron chi connectivity index (χ1n) is 6.65. The van der Waals surface area contributed by atoms with E-state index in [1.807, 2.05) is 25.1 Å². The van der Waals surface area contributed by atoms with Crippen molar-refractivity contribution in [3.63, 3.8) is 0 Å². The molecule has 1 atom stereocenters. The summed E-state index contributed by atoms with van der Waals surface area (Å²) in [6.45, 7) is 4.11. The van der Waals surface area contributed by atoms with Gasteiger partial charge in [-0.15, -0.1) is 11.6 Å². The molecule has 104 valence electrons. The fourth-order valence-electron chi connectivity index (χ4n) is 2.11. The Bertz CT molecular complexity index is 732. The van der Waals surface area contributed by atoms with E-state index >= 15 is 0 Å². The molecular weight excluding hydrogens is 276 g/mol. The second-order valence-electron chi connectivity index (χ2n) is 4.87. The summed E-state index contributed by atoms with van der Waals surface area (Å²) in [6.07, 6.45) is 1.79. The number of fused-ring (bicyclic) bond motifs is 1. The first-order chi connectivity index (χ1) is 9.67. The van der Waals surface area contributed by atoms with Gasteiger partial charge in [0.25, 0.3) is 5.89 Å². The smallest absolute Gasteiger partial charge is 0.293 e. The minimum Gasteiger partial charge on any atom is -0.451 e. The van der Waals surface area contributed by atoms with Crippen molar-refractivity contribution in [2.24, 2.45) is 0 Å². The van der Waals surface area contributed by atoms with Gasteiger partial charge in [0.1, 0.15) is 5.58 Å². The minimum absolute atomic E-state index is 0.218. The second kappa shape index (κ2) is 5.29. The fraction of sp³-hybridized carbons (Fsp3) is 0.333. The maximum absolute atomic E-state index is 6.19. The molecule has 0 aliphatic rings. The number of alkyl halides is 1. The quantitative estimate of drug-likeness (QED) is 0.643. The van der Waals surface area contributed by atoms with Gasteiger partial charge < -0.3 is 8.94 Å². The number of halogens is 1. The minimum atomic E-state index is -0.218. The van der Waals surface area contributed by atoms with Crippen LogP contribution in [0.5, 0.6) is 0 Å². The van der Waals surface area contributed by atoms with Gasteiger partial charge in [-0.25, -0.2) is 0 Å². The molecule has 1 unspecified atom stereocenters. The molecule has 0 N–H and O–H groups in total. The van der Waals surface area contributed by atoms with Crippen LogP contribution in [-0.4, -0.2) is 10.1 Å². The summed E-state index contributed by atoms with van der Waals surface area (Å²) in [5.41, 5.74) is 1.99. The van der Waals surface area contributed by atoms with E-state index in [1.165, 1.54) is 5.56 Å². The lowest BCUT2D eigenvalue weighted by molar-refractivity contribution is 0.410. The standard InChI is InChI=1S/C15H15ClN2O2/c1-3-4-11(16)14-17-15(20-18-14)13-8-10-7-9(2)5-6-12(10)19-13/h5-8,11H,3-4H2,1-2H3. The van der Waals surface area contributed by atoms with Crippen molar-refractivity contribution in [2.45, 2.75) is 32.1 Å². The molecule has 0 aliphatic heterocycles. The molecule has 0 fully saturated rings. The number of aromatic nitrogens is 2. The Morgan fingerprint density at radius 1 is 1.30 bits per heavy atom. The third kappa shape index (κ3) is 2.43. The number of aryl methyl sites for hydroxylation is 1. The van der Waals surface area contributed by atoms with Crippen LogP contribution in [0.2, 0.25) is 0 Å². The van der Waals surface area contributed by atoms with Crippen molar-refractivity contribution in [1.29, 1.82) is 0 Å². The average Bonchev–Trinajstić information content (AvgIpc) is 3.04. The summed E-state index contributed by atoms with van der Waals surface area (Å²) >= 11 is 6.19. The van der Waals surface area contributed by atoms with Gasteiger partial charge in [-0.2, -0.15) is 4.98 Å². The molecule has 0 aliphatic carbocycles. The molecule has 3 rings (SSSR count). The summed E-state index contributed by atoms with van der Waals surface area (Å²) < 4.78 is 11.0. The van der Waals surface area contributed by atoms with Crippen molar-refractivity contribution in [1.82, 2.24) is 10.1 Å². The van der Waals surface area contributed by atoms with E-state index in [9.17, 15) is 0 Å². The molecule has 0 radical (unpaired) electrons. The Hall–Kier alpha value is -1.81. The summed E-state index contributed by atoms with van der Waals surface area (Å²) in [5.74, 6) is 1.46. The highest BCUT2D eigenvalue weighted by molar-refractivity contribution is 6.20. The lowest BCUT2D eigenvalue weighted by atomic mass is 10.2. The Balaban J connectivity index is 1.94. The first-order valence-corrected chi connectivity index (χ1v) is 7.09. The van der Waals surface area contributed by atoms with Crippen molar-refractivity contribution < 1.29 is 8.94 Å². The highest BCUT2D eigenvalue weighted by Crippen LogP contribution is 2.29. The molecule has 0 saturated heterocycles. The number of hydrogen-bond acceptors (Lipinski definition) is 4. The Morgan fingerprint density at radius 2 is 2.15 bits per heavy atom. The van der Waals surface area contributed by atoms with Crippen molar-refractivity contribution in [3.8, 4) is 11.7 Å². The normalized spacial score (nSPS) is 12.9. The Morgan fingerprint density at radius 3 is 2.95 bits per heavy atom. The van der Waals surface area contributed by atoms with Crippen molar-refractivity contribution in [3.05, 3.63) is 35.7 Å². The SMILES string of the molecule is CCCC(Cl)c1noc(-c2cc3cc(C)ccc3o2)n1. The third-order valence-electron chi connectivity index (χ3n) is 3.15. The second-order valence-corrected chi connectivity index (χ2v) is 5.39. The lowest BCUT2D eigenvalue weighted by Crippen LogP contribution is -1.92. The molecule has 20 heavy (non-hydrogen) atoms. The third-order valence-corrected chi connectivity index (χ3v) is 3.56. The molecule has 3 aromatic rings. The number of furan rings is 1. The molecule has 4 nitrogen and oxygen atoms in total. The summed E-state index contributed by atoms with van der Waals surface area (Å²) in [6, 6.07) is 7.90. The summed E-state index contributed by atoms with van der Waals surface area (Å²) in [7, 11) is 0. The molecule has 2 aromatic heterocycles. The van der Waals surface area contributed by atoms with Crippen molar-refractivity contribution in [2.75, 3.05) is 0 Å². The zero-order valence-corrected chi connectivity index (χ0v) is 12.1. The van der Waals surface area contributed by atoms with E-state index in [1.54, 1.807) is 0 Å². The highest BCUT2D eigenvalue weighted by atomic mass is 35.5. The number of hydrogen-bond donors (Lipinski definition) is 0. The summed E-state index contributed by atoms with van der Waals surface area (Å²) in [5, 5.41) is 4.73. The van der Waals surface area contributed by atoms with Gasteiger partial charge in [-0.05, 0) is 31.5 Å². The van der Waals surface area contributed by atoms with E-state index in [0.717, 1.165) is 23.8 Å². The molecule has 0 bridgehead atoms. The van der Waals surface area contributed by atoms with Gasteiger partial charge in [-0.3, -0.25) is 0 Å². The van der Waals surface area contributed by atoms with Crippen LogP contribution >= 0.6 is 11.6 Å². The molecule has 2 heterocycles. The van der Waals surface area contributed by atoms with Crippen LogP contribution in [0.1, 0.15) is 36.5 Å². The van der Waals surface area contributed by atoms with Crippen LogP contribution in [-0.2, 0) is 0 Å². The number of rotatable bonds is 4. The van der Waals surface area contributed by atoms with E-state index in [0.29, 0.717) is 17.5 Å². The molecule has 1 aromatic carbocycles. The maximum Gasteiger partial charge on any atom is 0.293 e. The maximum atomic E-state index is 6.19. The van der Waals surface area contributed by atoms with E-state index in [2.05, 4.69) is 23.1 Å². The average molecular weight is 291 g/mol. The first kappa shape index (κ1) is 13.2. The zero-order valence-electron chi connectivity index (χ0n) is 11.4. The predicted octanol–water partition coefficient (Wildman–Crippen LogP) is 4.87. The van der Waals surface area contributed by atoms with Crippen LogP contribution in [0.25, 0.3) is 22.6 Å².